The van der Waals surface area contributed by atoms with Gasteiger partial charge in [-0.2, -0.15) is 0 Å². The molecule has 0 fully saturated rings. The van der Waals surface area contributed by atoms with E-state index in [1.807, 2.05) is 24.3 Å². The van der Waals surface area contributed by atoms with Crippen LogP contribution in [0.1, 0.15) is 0 Å². The first-order chi connectivity index (χ1) is 10.1. The van der Waals surface area contributed by atoms with Gasteiger partial charge in [0.05, 0.1) is 29.2 Å². The van der Waals surface area contributed by atoms with Crippen LogP contribution >= 0.6 is 27.5 Å². The summed E-state index contributed by atoms with van der Waals surface area (Å²) in [6, 6.07) is 9.39. The SMILES string of the molecule is COc1cc(Cl)c2nc(-c3ccc(OC)c(Br)c3)[nH]c2c1. The van der Waals surface area contributed by atoms with Crippen LogP contribution in [-0.4, -0.2) is 24.2 Å². The normalized spacial score (nSPS) is 10.9. The third kappa shape index (κ3) is 2.59. The number of methoxy groups -OCH3 is 2. The molecule has 0 aliphatic heterocycles. The Morgan fingerprint density at radius 3 is 2.62 bits per heavy atom. The van der Waals surface area contributed by atoms with Crippen molar-refractivity contribution in [2.75, 3.05) is 14.2 Å². The summed E-state index contributed by atoms with van der Waals surface area (Å²) in [6.07, 6.45) is 0. The molecule has 0 spiro atoms. The molecule has 1 heterocycles. The molecule has 0 unspecified atom stereocenters. The molecular formula is C15H12BrClN2O2. The van der Waals surface area contributed by atoms with Crippen molar-refractivity contribution >= 4 is 38.6 Å². The third-order valence-electron chi connectivity index (χ3n) is 3.17. The van der Waals surface area contributed by atoms with Gasteiger partial charge in [0.25, 0.3) is 0 Å². The molecule has 1 N–H and O–H groups in total. The summed E-state index contributed by atoms with van der Waals surface area (Å²) < 4.78 is 11.3. The molecule has 0 bridgehead atoms. The topological polar surface area (TPSA) is 47.1 Å². The number of hydrogen-bond donors (Lipinski definition) is 1. The number of hydrogen-bond acceptors (Lipinski definition) is 3. The zero-order chi connectivity index (χ0) is 15.0. The van der Waals surface area contributed by atoms with E-state index in [0.29, 0.717) is 10.8 Å². The lowest BCUT2D eigenvalue weighted by molar-refractivity contribution is 0.412. The van der Waals surface area contributed by atoms with Crippen LogP contribution in [0.4, 0.5) is 0 Å². The number of rotatable bonds is 3. The molecule has 0 aliphatic carbocycles. The number of aromatic amines is 1. The predicted octanol–water partition coefficient (Wildman–Crippen LogP) is 4.66. The molecule has 0 radical (unpaired) electrons. The maximum Gasteiger partial charge on any atom is 0.138 e. The van der Waals surface area contributed by atoms with Gasteiger partial charge >= 0.3 is 0 Å². The van der Waals surface area contributed by atoms with E-state index < -0.39 is 0 Å². The molecule has 0 saturated carbocycles. The minimum atomic E-state index is 0.555. The van der Waals surface area contributed by atoms with E-state index >= 15 is 0 Å². The van der Waals surface area contributed by atoms with E-state index in [1.54, 1.807) is 20.3 Å². The van der Waals surface area contributed by atoms with Gasteiger partial charge in [0.1, 0.15) is 22.8 Å². The van der Waals surface area contributed by atoms with Crippen molar-refractivity contribution in [3.05, 3.63) is 39.8 Å². The van der Waals surface area contributed by atoms with Crippen LogP contribution < -0.4 is 9.47 Å². The number of aromatic nitrogens is 2. The molecule has 0 amide bonds. The fourth-order valence-electron chi connectivity index (χ4n) is 2.12. The Kier molecular flexibility index (Phi) is 3.78. The first kappa shape index (κ1) is 14.2. The highest BCUT2D eigenvalue weighted by atomic mass is 79.9. The van der Waals surface area contributed by atoms with Gasteiger partial charge in [-0.05, 0) is 34.1 Å². The summed E-state index contributed by atoms with van der Waals surface area (Å²) in [5, 5.41) is 0.555. The van der Waals surface area contributed by atoms with Crippen molar-refractivity contribution in [3.63, 3.8) is 0 Å². The summed E-state index contributed by atoms with van der Waals surface area (Å²) in [5.74, 6) is 2.21. The van der Waals surface area contributed by atoms with Gasteiger partial charge in [0.15, 0.2) is 0 Å². The number of halogens is 2. The quantitative estimate of drug-likeness (QED) is 0.732. The highest BCUT2D eigenvalue weighted by Crippen LogP contribution is 2.33. The average Bonchev–Trinajstić information content (AvgIpc) is 2.91. The summed E-state index contributed by atoms with van der Waals surface area (Å²) >= 11 is 9.70. The predicted molar refractivity (Wildman–Crippen MR) is 87.3 cm³/mol. The lowest BCUT2D eigenvalue weighted by Gasteiger charge is -2.04. The fraction of sp³-hybridized carbons (Fsp3) is 0.133. The molecule has 0 atom stereocenters. The lowest BCUT2D eigenvalue weighted by atomic mass is 10.2. The molecular weight excluding hydrogens is 356 g/mol. The molecule has 0 aliphatic rings. The van der Waals surface area contributed by atoms with Gasteiger partial charge < -0.3 is 14.5 Å². The number of ether oxygens (including phenoxy) is 2. The van der Waals surface area contributed by atoms with Gasteiger partial charge in [-0.3, -0.25) is 0 Å². The van der Waals surface area contributed by atoms with Crippen LogP contribution in [0.5, 0.6) is 11.5 Å². The molecule has 1 aromatic heterocycles. The first-order valence-electron chi connectivity index (χ1n) is 6.19. The zero-order valence-corrected chi connectivity index (χ0v) is 13.7. The summed E-state index contributed by atoms with van der Waals surface area (Å²) in [4.78, 5) is 7.80. The second-order valence-electron chi connectivity index (χ2n) is 4.44. The Morgan fingerprint density at radius 2 is 1.95 bits per heavy atom. The lowest BCUT2D eigenvalue weighted by Crippen LogP contribution is -1.86. The fourth-order valence-corrected chi connectivity index (χ4v) is 2.91. The second-order valence-corrected chi connectivity index (χ2v) is 5.70. The number of fused-ring (bicyclic) bond motifs is 1. The summed E-state index contributed by atoms with van der Waals surface area (Å²) in [5.41, 5.74) is 2.50. The Bertz CT molecular complexity index is 817. The molecule has 21 heavy (non-hydrogen) atoms. The molecule has 0 saturated heterocycles. The van der Waals surface area contributed by atoms with Crippen molar-refractivity contribution in [2.24, 2.45) is 0 Å². The number of imidazole rings is 1. The molecule has 3 rings (SSSR count). The molecule has 2 aromatic carbocycles. The Morgan fingerprint density at radius 1 is 1.14 bits per heavy atom. The van der Waals surface area contributed by atoms with Crippen molar-refractivity contribution < 1.29 is 9.47 Å². The molecule has 3 aromatic rings. The standard InChI is InChI=1S/C15H12BrClN2O2/c1-20-9-6-11(17)14-12(7-9)18-15(19-14)8-3-4-13(21-2)10(16)5-8/h3-7H,1-2H3,(H,18,19). The van der Waals surface area contributed by atoms with Gasteiger partial charge in [0.2, 0.25) is 0 Å². The van der Waals surface area contributed by atoms with Crippen LogP contribution in [0.2, 0.25) is 5.02 Å². The van der Waals surface area contributed by atoms with Crippen molar-refractivity contribution in [1.29, 1.82) is 0 Å². The highest BCUT2D eigenvalue weighted by molar-refractivity contribution is 9.10. The van der Waals surface area contributed by atoms with E-state index in [-0.39, 0.29) is 0 Å². The van der Waals surface area contributed by atoms with Crippen LogP contribution in [-0.2, 0) is 0 Å². The van der Waals surface area contributed by atoms with E-state index in [2.05, 4.69) is 25.9 Å². The van der Waals surface area contributed by atoms with Crippen molar-refractivity contribution in [2.45, 2.75) is 0 Å². The van der Waals surface area contributed by atoms with Crippen LogP contribution in [0.15, 0.2) is 34.8 Å². The van der Waals surface area contributed by atoms with Crippen molar-refractivity contribution in [3.8, 4) is 22.9 Å². The van der Waals surface area contributed by atoms with E-state index in [9.17, 15) is 0 Å². The maximum absolute atomic E-state index is 6.23. The van der Waals surface area contributed by atoms with Gasteiger partial charge in [-0.25, -0.2) is 4.98 Å². The number of H-pyrrole nitrogens is 1. The van der Waals surface area contributed by atoms with E-state index in [1.165, 1.54) is 0 Å². The summed E-state index contributed by atoms with van der Waals surface area (Å²) in [6.45, 7) is 0. The Labute approximate surface area is 135 Å². The minimum absolute atomic E-state index is 0.555. The van der Waals surface area contributed by atoms with Crippen LogP contribution in [0.3, 0.4) is 0 Å². The number of benzene rings is 2. The molecule has 108 valence electrons. The zero-order valence-electron chi connectivity index (χ0n) is 11.4. The Hall–Kier alpha value is -1.72. The molecule has 4 nitrogen and oxygen atoms in total. The van der Waals surface area contributed by atoms with Gasteiger partial charge in [-0.1, -0.05) is 11.6 Å². The van der Waals surface area contributed by atoms with Crippen LogP contribution in [0, 0.1) is 0 Å². The average molecular weight is 368 g/mol. The van der Waals surface area contributed by atoms with Crippen molar-refractivity contribution in [1.82, 2.24) is 9.97 Å². The minimum Gasteiger partial charge on any atom is -0.497 e. The van der Waals surface area contributed by atoms with Crippen LogP contribution in [0.25, 0.3) is 22.4 Å². The molecule has 6 heteroatoms. The van der Waals surface area contributed by atoms with E-state index in [4.69, 9.17) is 21.1 Å². The largest absolute Gasteiger partial charge is 0.497 e. The van der Waals surface area contributed by atoms with E-state index in [0.717, 1.165) is 32.6 Å². The van der Waals surface area contributed by atoms with Gasteiger partial charge in [0, 0.05) is 17.7 Å². The first-order valence-corrected chi connectivity index (χ1v) is 7.36. The summed E-state index contributed by atoms with van der Waals surface area (Å²) in [7, 11) is 3.24. The number of nitrogens with one attached hydrogen (secondary N) is 1. The second kappa shape index (κ2) is 5.58. The maximum atomic E-state index is 6.23. The smallest absolute Gasteiger partial charge is 0.138 e. The Balaban J connectivity index is 2.12. The third-order valence-corrected chi connectivity index (χ3v) is 4.08. The monoisotopic (exact) mass is 366 g/mol. The highest BCUT2D eigenvalue weighted by Gasteiger charge is 2.11. The van der Waals surface area contributed by atoms with Gasteiger partial charge in [-0.15, -0.1) is 0 Å². The number of nitrogens with zero attached hydrogens (tertiary/aromatic N) is 1.